The standard InChI is InChI=1S/C9H17NO4/c1-3-6(4-2)8(12)10-7(5-11)9(13)14/h6-7,11H,3-5H2,1-2H3,(H,10,12)(H,13,14). The Balaban J connectivity index is 4.20. The zero-order valence-corrected chi connectivity index (χ0v) is 8.49. The first-order chi connectivity index (χ1) is 6.56. The number of carboxylic acid groups (broad SMARTS) is 1. The summed E-state index contributed by atoms with van der Waals surface area (Å²) in [7, 11) is 0. The molecule has 0 aromatic heterocycles. The van der Waals surface area contributed by atoms with E-state index in [-0.39, 0.29) is 11.8 Å². The van der Waals surface area contributed by atoms with Gasteiger partial charge < -0.3 is 15.5 Å². The smallest absolute Gasteiger partial charge is 0.328 e. The van der Waals surface area contributed by atoms with Gasteiger partial charge in [0.15, 0.2) is 0 Å². The van der Waals surface area contributed by atoms with Crippen molar-refractivity contribution in [3.8, 4) is 0 Å². The van der Waals surface area contributed by atoms with Crippen LogP contribution in [-0.2, 0) is 9.59 Å². The Morgan fingerprint density at radius 2 is 1.79 bits per heavy atom. The molecule has 1 atom stereocenters. The lowest BCUT2D eigenvalue weighted by Crippen LogP contribution is -2.45. The molecule has 0 bridgehead atoms. The van der Waals surface area contributed by atoms with Crippen molar-refractivity contribution in [2.24, 2.45) is 5.92 Å². The third kappa shape index (κ3) is 3.74. The topological polar surface area (TPSA) is 86.6 Å². The van der Waals surface area contributed by atoms with E-state index in [0.29, 0.717) is 12.8 Å². The maximum atomic E-state index is 11.4. The minimum Gasteiger partial charge on any atom is -0.480 e. The van der Waals surface area contributed by atoms with E-state index in [0.717, 1.165) is 0 Å². The highest BCUT2D eigenvalue weighted by Gasteiger charge is 2.22. The van der Waals surface area contributed by atoms with Crippen molar-refractivity contribution in [3.63, 3.8) is 0 Å². The van der Waals surface area contributed by atoms with Crippen molar-refractivity contribution in [1.29, 1.82) is 0 Å². The van der Waals surface area contributed by atoms with Gasteiger partial charge in [0, 0.05) is 5.92 Å². The molecule has 14 heavy (non-hydrogen) atoms. The van der Waals surface area contributed by atoms with Gasteiger partial charge in [-0.15, -0.1) is 0 Å². The molecule has 0 heterocycles. The highest BCUT2D eigenvalue weighted by Crippen LogP contribution is 2.07. The lowest BCUT2D eigenvalue weighted by molar-refractivity contribution is -0.143. The number of hydrogen-bond donors (Lipinski definition) is 3. The molecule has 0 aromatic carbocycles. The lowest BCUT2D eigenvalue weighted by atomic mass is 10.0. The molecule has 0 aliphatic heterocycles. The Morgan fingerprint density at radius 1 is 1.29 bits per heavy atom. The maximum Gasteiger partial charge on any atom is 0.328 e. The predicted octanol–water partition coefficient (Wildman–Crippen LogP) is -0.0157. The summed E-state index contributed by atoms with van der Waals surface area (Å²) in [5, 5.41) is 19.5. The SMILES string of the molecule is CCC(CC)C(=O)NC(CO)C(=O)O. The molecule has 3 N–H and O–H groups in total. The van der Waals surface area contributed by atoms with Crippen LogP contribution in [0.15, 0.2) is 0 Å². The Morgan fingerprint density at radius 3 is 2.07 bits per heavy atom. The average Bonchev–Trinajstić information content (AvgIpc) is 2.15. The summed E-state index contributed by atoms with van der Waals surface area (Å²) in [5.74, 6) is -1.70. The second-order valence-corrected chi connectivity index (χ2v) is 3.10. The quantitative estimate of drug-likeness (QED) is 0.566. The van der Waals surface area contributed by atoms with Gasteiger partial charge >= 0.3 is 5.97 Å². The van der Waals surface area contributed by atoms with E-state index < -0.39 is 18.6 Å². The summed E-state index contributed by atoms with van der Waals surface area (Å²) in [6.45, 7) is 3.14. The van der Waals surface area contributed by atoms with E-state index in [9.17, 15) is 9.59 Å². The minimum absolute atomic E-state index is 0.177. The minimum atomic E-state index is -1.22. The number of aliphatic hydroxyl groups excluding tert-OH is 1. The summed E-state index contributed by atoms with van der Waals surface area (Å²) < 4.78 is 0. The second-order valence-electron chi connectivity index (χ2n) is 3.10. The van der Waals surface area contributed by atoms with E-state index in [1.165, 1.54) is 0 Å². The fourth-order valence-corrected chi connectivity index (χ4v) is 1.13. The number of carbonyl (C=O) groups excluding carboxylic acids is 1. The van der Waals surface area contributed by atoms with E-state index in [2.05, 4.69) is 5.32 Å². The zero-order chi connectivity index (χ0) is 11.1. The van der Waals surface area contributed by atoms with Crippen LogP contribution >= 0.6 is 0 Å². The molecular weight excluding hydrogens is 186 g/mol. The van der Waals surface area contributed by atoms with Gasteiger partial charge in [0.1, 0.15) is 6.04 Å². The normalized spacial score (nSPS) is 12.6. The van der Waals surface area contributed by atoms with Crippen LogP contribution in [0.1, 0.15) is 26.7 Å². The molecule has 0 radical (unpaired) electrons. The molecule has 0 fully saturated rings. The molecule has 1 unspecified atom stereocenters. The van der Waals surface area contributed by atoms with Gasteiger partial charge in [-0.3, -0.25) is 4.79 Å². The molecule has 0 rings (SSSR count). The van der Waals surface area contributed by atoms with Gasteiger partial charge in [0.25, 0.3) is 0 Å². The Hall–Kier alpha value is -1.10. The molecule has 5 nitrogen and oxygen atoms in total. The first-order valence-electron chi connectivity index (χ1n) is 4.70. The average molecular weight is 203 g/mol. The van der Waals surface area contributed by atoms with Crippen LogP contribution in [0, 0.1) is 5.92 Å². The monoisotopic (exact) mass is 203 g/mol. The number of aliphatic hydroxyl groups is 1. The first-order valence-corrected chi connectivity index (χ1v) is 4.70. The fraction of sp³-hybridized carbons (Fsp3) is 0.778. The van der Waals surface area contributed by atoms with E-state index in [1.54, 1.807) is 0 Å². The van der Waals surface area contributed by atoms with Crippen LogP contribution in [0.3, 0.4) is 0 Å². The summed E-state index contributed by atoms with van der Waals surface area (Å²) in [6, 6.07) is -1.19. The van der Waals surface area contributed by atoms with Crippen molar-refractivity contribution in [3.05, 3.63) is 0 Å². The molecule has 82 valence electrons. The summed E-state index contributed by atoms with van der Waals surface area (Å²) in [4.78, 5) is 21.9. The van der Waals surface area contributed by atoms with Crippen LogP contribution in [0.2, 0.25) is 0 Å². The summed E-state index contributed by atoms with van der Waals surface area (Å²) in [6.07, 6.45) is 1.33. The predicted molar refractivity (Wildman–Crippen MR) is 50.7 cm³/mol. The van der Waals surface area contributed by atoms with Crippen LogP contribution in [0.4, 0.5) is 0 Å². The van der Waals surface area contributed by atoms with Crippen LogP contribution in [0.5, 0.6) is 0 Å². The van der Waals surface area contributed by atoms with E-state index in [4.69, 9.17) is 10.2 Å². The maximum absolute atomic E-state index is 11.4. The molecule has 0 spiro atoms. The number of aliphatic carboxylic acids is 1. The molecule has 0 aromatic rings. The number of carbonyl (C=O) groups is 2. The summed E-state index contributed by atoms with van der Waals surface area (Å²) in [5.41, 5.74) is 0. The van der Waals surface area contributed by atoms with Crippen LogP contribution < -0.4 is 5.32 Å². The number of hydrogen-bond acceptors (Lipinski definition) is 3. The van der Waals surface area contributed by atoms with Gasteiger partial charge in [-0.1, -0.05) is 13.8 Å². The molecule has 0 saturated carbocycles. The molecule has 0 saturated heterocycles. The number of amides is 1. The molecule has 0 aliphatic rings. The third-order valence-corrected chi connectivity index (χ3v) is 2.15. The van der Waals surface area contributed by atoms with Gasteiger partial charge in [0.05, 0.1) is 6.61 Å². The van der Waals surface area contributed by atoms with Crippen LogP contribution in [0.25, 0.3) is 0 Å². The Labute approximate surface area is 83.1 Å². The lowest BCUT2D eigenvalue weighted by Gasteiger charge is -2.16. The number of rotatable bonds is 6. The highest BCUT2D eigenvalue weighted by molar-refractivity contribution is 5.84. The van der Waals surface area contributed by atoms with Gasteiger partial charge in [-0.25, -0.2) is 4.79 Å². The molecular formula is C9H17NO4. The van der Waals surface area contributed by atoms with E-state index >= 15 is 0 Å². The Kier molecular flexibility index (Phi) is 5.87. The van der Waals surface area contributed by atoms with Crippen molar-refractivity contribution in [2.45, 2.75) is 32.7 Å². The highest BCUT2D eigenvalue weighted by atomic mass is 16.4. The number of nitrogens with one attached hydrogen (secondary N) is 1. The van der Waals surface area contributed by atoms with E-state index in [1.807, 2.05) is 13.8 Å². The largest absolute Gasteiger partial charge is 0.480 e. The van der Waals surface area contributed by atoms with Crippen LogP contribution in [-0.4, -0.2) is 34.7 Å². The molecule has 0 aliphatic carbocycles. The van der Waals surface area contributed by atoms with Crippen molar-refractivity contribution >= 4 is 11.9 Å². The Bertz CT molecular complexity index is 201. The zero-order valence-electron chi connectivity index (χ0n) is 8.49. The number of carboxylic acids is 1. The molecule has 5 heteroatoms. The van der Waals surface area contributed by atoms with Crippen molar-refractivity contribution in [2.75, 3.05) is 6.61 Å². The fourth-order valence-electron chi connectivity index (χ4n) is 1.13. The van der Waals surface area contributed by atoms with Crippen molar-refractivity contribution in [1.82, 2.24) is 5.32 Å². The van der Waals surface area contributed by atoms with Crippen molar-refractivity contribution < 1.29 is 19.8 Å². The third-order valence-electron chi connectivity index (χ3n) is 2.15. The molecule has 1 amide bonds. The van der Waals surface area contributed by atoms with Gasteiger partial charge in [-0.2, -0.15) is 0 Å². The van der Waals surface area contributed by atoms with Gasteiger partial charge in [0.2, 0.25) is 5.91 Å². The summed E-state index contributed by atoms with van der Waals surface area (Å²) >= 11 is 0. The second kappa shape index (κ2) is 6.37. The van der Waals surface area contributed by atoms with Gasteiger partial charge in [-0.05, 0) is 12.8 Å². The first kappa shape index (κ1) is 12.9.